The number of carbonyl (C=O) groups is 3. The molecule has 3 atom stereocenters. The number of hydrogen-bond donors (Lipinski definition) is 1. The molecule has 2 unspecified atom stereocenters. The fourth-order valence-electron chi connectivity index (χ4n) is 5.01. The van der Waals surface area contributed by atoms with Gasteiger partial charge in [-0.25, -0.2) is 4.39 Å². The summed E-state index contributed by atoms with van der Waals surface area (Å²) in [5, 5.41) is 9.50. The van der Waals surface area contributed by atoms with Crippen molar-refractivity contribution in [1.29, 1.82) is 0 Å². The van der Waals surface area contributed by atoms with Crippen LogP contribution >= 0.6 is 11.8 Å². The Morgan fingerprint density at radius 1 is 1.18 bits per heavy atom. The number of carboxylic acids is 1. The van der Waals surface area contributed by atoms with Gasteiger partial charge in [0.2, 0.25) is 0 Å². The Morgan fingerprint density at radius 2 is 1.94 bits per heavy atom. The van der Waals surface area contributed by atoms with Gasteiger partial charge < -0.3 is 5.11 Å². The summed E-state index contributed by atoms with van der Waals surface area (Å²) in [6, 6.07) is 5.37. The second-order valence-electron chi connectivity index (χ2n) is 9.23. The lowest BCUT2D eigenvalue weighted by Crippen LogP contribution is -2.43. The minimum absolute atomic E-state index is 0.00715. The maximum absolute atomic E-state index is 14.8. The molecule has 4 rings (SSSR count). The molecule has 1 aromatic rings. The van der Waals surface area contributed by atoms with Gasteiger partial charge in [0.15, 0.2) is 10.9 Å². The van der Waals surface area contributed by atoms with Crippen LogP contribution in [-0.2, 0) is 14.4 Å². The number of rotatable bonds is 8. The first-order chi connectivity index (χ1) is 15.8. The largest absolute Gasteiger partial charge is 0.480 e. The van der Waals surface area contributed by atoms with E-state index in [2.05, 4.69) is 0 Å². The van der Waals surface area contributed by atoms with Crippen molar-refractivity contribution in [3.8, 4) is 0 Å². The van der Waals surface area contributed by atoms with Crippen molar-refractivity contribution in [2.45, 2.75) is 56.4 Å². The van der Waals surface area contributed by atoms with Crippen LogP contribution in [0.2, 0.25) is 0 Å². The number of carbonyl (C=O) groups excluding carboxylic acids is 2. The predicted molar refractivity (Wildman–Crippen MR) is 125 cm³/mol. The van der Waals surface area contributed by atoms with Crippen LogP contribution in [0.1, 0.15) is 50.6 Å². The lowest BCUT2D eigenvalue weighted by Gasteiger charge is -2.38. The number of piperidine rings is 1. The highest BCUT2D eigenvalue weighted by atomic mass is 32.2. The van der Waals surface area contributed by atoms with Gasteiger partial charge in [-0.2, -0.15) is 0 Å². The molecule has 1 N–H and O–H groups in total. The summed E-state index contributed by atoms with van der Waals surface area (Å²) in [6.07, 6.45) is 5.92. The Bertz CT molecular complexity index is 948. The van der Waals surface area contributed by atoms with Gasteiger partial charge in [-0.3, -0.25) is 24.2 Å². The fourth-order valence-corrected chi connectivity index (χ4v) is 5.96. The summed E-state index contributed by atoms with van der Waals surface area (Å²) in [5.74, 6) is -1.11. The van der Waals surface area contributed by atoms with Crippen LogP contribution in [0.5, 0.6) is 0 Å². The molecule has 0 radical (unpaired) electrons. The molecule has 3 aliphatic rings. The molecule has 2 aliphatic heterocycles. The smallest absolute Gasteiger partial charge is 0.320 e. The number of ketones is 1. The van der Waals surface area contributed by atoms with Crippen LogP contribution in [0.25, 0.3) is 0 Å². The lowest BCUT2D eigenvalue weighted by molar-refractivity contribution is -0.142. The van der Waals surface area contributed by atoms with Crippen LogP contribution < -0.4 is 0 Å². The Morgan fingerprint density at radius 3 is 2.61 bits per heavy atom. The number of aliphatic carboxylic acids is 1. The lowest BCUT2D eigenvalue weighted by atomic mass is 9.93. The van der Waals surface area contributed by atoms with Gasteiger partial charge in [0, 0.05) is 43.3 Å². The Hall–Kier alpha value is -2.03. The number of benzene rings is 1. The van der Waals surface area contributed by atoms with Crippen LogP contribution in [0.4, 0.5) is 4.39 Å². The molecule has 1 saturated carbocycles. The Labute approximate surface area is 198 Å². The molecule has 6 nitrogen and oxygen atoms in total. The first-order valence-corrected chi connectivity index (χ1v) is 12.6. The van der Waals surface area contributed by atoms with Crippen molar-refractivity contribution in [3.63, 3.8) is 0 Å². The average Bonchev–Trinajstić information content (AvgIpc) is 3.52. The third kappa shape index (κ3) is 5.73. The van der Waals surface area contributed by atoms with E-state index >= 15 is 0 Å². The topological polar surface area (TPSA) is 77.9 Å². The van der Waals surface area contributed by atoms with E-state index in [0.29, 0.717) is 38.0 Å². The van der Waals surface area contributed by atoms with Gasteiger partial charge in [-0.15, -0.1) is 0 Å². The molecule has 0 aromatic heterocycles. The quantitative estimate of drug-likeness (QED) is 0.576. The monoisotopic (exact) mass is 474 g/mol. The van der Waals surface area contributed by atoms with Crippen LogP contribution in [0.3, 0.4) is 0 Å². The zero-order valence-corrected chi connectivity index (χ0v) is 19.7. The molecule has 1 aromatic carbocycles. The number of likely N-dealkylation sites (tertiary alicyclic amines) is 2. The van der Waals surface area contributed by atoms with E-state index in [9.17, 15) is 23.9 Å². The Kier molecular flexibility index (Phi) is 7.66. The van der Waals surface area contributed by atoms with Crippen molar-refractivity contribution >= 4 is 28.6 Å². The molecule has 178 valence electrons. The van der Waals surface area contributed by atoms with Gasteiger partial charge in [-0.05, 0) is 50.3 Å². The second kappa shape index (κ2) is 10.5. The number of hydrogen-bond acceptors (Lipinski definition) is 6. The summed E-state index contributed by atoms with van der Waals surface area (Å²) in [6.45, 7) is 3.84. The highest BCUT2D eigenvalue weighted by molar-refractivity contribution is 8.14. The Balaban J connectivity index is 1.58. The molecule has 2 saturated heterocycles. The first kappa shape index (κ1) is 24.1. The molecule has 1 aliphatic carbocycles. The highest BCUT2D eigenvalue weighted by Crippen LogP contribution is 2.40. The van der Waals surface area contributed by atoms with Crippen molar-refractivity contribution in [2.24, 2.45) is 5.92 Å². The van der Waals surface area contributed by atoms with E-state index in [1.165, 1.54) is 17.8 Å². The number of nitrogens with zero attached hydrogens (tertiary/aromatic N) is 2. The summed E-state index contributed by atoms with van der Waals surface area (Å²) in [4.78, 5) is 40.7. The van der Waals surface area contributed by atoms with Gasteiger partial charge in [-0.1, -0.05) is 36.0 Å². The standard InChI is InChI=1S/C25H31FN2O4S/c1-16(29)33-22-11-14-28(15-18(22)10-13-27-12-4-7-21(27)25(31)32)23(24(30)17-8-9-17)19-5-2-3-6-20(19)26/h2-3,5-6,10,17,21-23H,4,7-9,11-15H2,1H3,(H,31,32)/t21-,22?,23?/m0/s1. The summed E-state index contributed by atoms with van der Waals surface area (Å²) in [7, 11) is 0. The fraction of sp³-hybridized carbons (Fsp3) is 0.560. The number of thioether (sulfide) groups is 1. The molecular formula is C25H31FN2O4S. The minimum Gasteiger partial charge on any atom is -0.480 e. The number of Topliss-reactive ketones (excluding diaryl/α,β-unsaturated/α-hetero) is 1. The summed E-state index contributed by atoms with van der Waals surface area (Å²) >= 11 is 1.29. The van der Waals surface area contributed by atoms with E-state index in [1.807, 2.05) is 15.9 Å². The maximum atomic E-state index is 14.8. The van der Waals surface area contributed by atoms with E-state index in [-0.39, 0.29) is 27.9 Å². The molecule has 2 heterocycles. The van der Waals surface area contributed by atoms with Crippen molar-refractivity contribution < 1.29 is 23.9 Å². The molecule has 33 heavy (non-hydrogen) atoms. The maximum Gasteiger partial charge on any atom is 0.320 e. The number of halogens is 1. The van der Waals surface area contributed by atoms with Crippen molar-refractivity contribution in [1.82, 2.24) is 9.80 Å². The van der Waals surface area contributed by atoms with Gasteiger partial charge in [0.25, 0.3) is 0 Å². The van der Waals surface area contributed by atoms with E-state index in [0.717, 1.165) is 31.4 Å². The molecule has 8 heteroatoms. The van der Waals surface area contributed by atoms with Gasteiger partial charge in [0.1, 0.15) is 11.9 Å². The molecule has 0 amide bonds. The van der Waals surface area contributed by atoms with Crippen molar-refractivity contribution in [2.75, 3.05) is 26.2 Å². The van der Waals surface area contributed by atoms with Crippen LogP contribution in [0.15, 0.2) is 35.9 Å². The molecule has 0 bridgehead atoms. The summed E-state index contributed by atoms with van der Waals surface area (Å²) < 4.78 is 14.8. The molecule has 0 spiro atoms. The zero-order valence-electron chi connectivity index (χ0n) is 18.9. The normalized spacial score (nSPS) is 26.4. The van der Waals surface area contributed by atoms with Gasteiger partial charge >= 0.3 is 5.97 Å². The van der Waals surface area contributed by atoms with E-state index in [1.54, 1.807) is 25.1 Å². The minimum atomic E-state index is -0.805. The first-order valence-electron chi connectivity index (χ1n) is 11.7. The van der Waals surface area contributed by atoms with Crippen LogP contribution in [-0.4, -0.2) is 69.2 Å². The zero-order chi connectivity index (χ0) is 23.5. The van der Waals surface area contributed by atoms with Gasteiger partial charge in [0.05, 0.1) is 6.04 Å². The molecule has 3 fully saturated rings. The van der Waals surface area contributed by atoms with E-state index < -0.39 is 18.1 Å². The van der Waals surface area contributed by atoms with Crippen molar-refractivity contribution in [3.05, 3.63) is 47.3 Å². The molecular weight excluding hydrogens is 443 g/mol. The number of carboxylic acid groups (broad SMARTS) is 1. The SMILES string of the molecule is CC(=O)SC1CCN(C(C(=O)C2CC2)c2ccccc2F)CC1=CCN1CCC[C@H]1C(=O)O. The summed E-state index contributed by atoms with van der Waals surface area (Å²) in [5.41, 5.74) is 1.43. The van der Waals surface area contributed by atoms with E-state index in [4.69, 9.17) is 0 Å². The second-order valence-corrected chi connectivity index (χ2v) is 10.6. The predicted octanol–water partition coefficient (Wildman–Crippen LogP) is 3.68. The van der Waals surface area contributed by atoms with Crippen LogP contribution in [0, 0.1) is 11.7 Å². The average molecular weight is 475 g/mol. The third-order valence-corrected chi connectivity index (χ3v) is 7.99. The highest BCUT2D eigenvalue weighted by Gasteiger charge is 2.41. The third-order valence-electron chi connectivity index (χ3n) is 6.84.